The molecule has 0 fully saturated rings. The molecular weight excluding hydrogens is 144 g/mol. The lowest BCUT2D eigenvalue weighted by Crippen LogP contribution is -1.92. The third kappa shape index (κ3) is 2.37. The summed E-state index contributed by atoms with van der Waals surface area (Å²) in [5, 5.41) is 0. The topological polar surface area (TPSA) is 24.9 Å². The molecule has 1 rings (SSSR count). The van der Waals surface area contributed by atoms with Gasteiger partial charge in [0.1, 0.15) is 0 Å². The summed E-state index contributed by atoms with van der Waals surface area (Å²) in [6.07, 6.45) is 3.66. The van der Waals surface area contributed by atoms with E-state index in [4.69, 9.17) is 0 Å². The lowest BCUT2D eigenvalue weighted by atomic mass is 10.3. The Hall–Kier alpha value is -0.540. The van der Waals surface area contributed by atoms with Crippen LogP contribution in [-0.4, -0.2) is 12.0 Å². The molecule has 0 amide bonds. The zero-order valence-electron chi connectivity index (χ0n) is 5.87. The molecule has 0 bridgehead atoms. The van der Waals surface area contributed by atoms with E-state index in [2.05, 4.69) is 15.8 Å². The normalized spacial score (nSPS) is 9.70. The molecule has 3 heteroatoms. The van der Waals surface area contributed by atoms with Gasteiger partial charge in [-0.25, -0.2) is 0 Å². The highest BCUT2D eigenvalue weighted by atomic mass is 32.2. The van der Waals surface area contributed by atoms with Gasteiger partial charge in [0, 0.05) is 18.1 Å². The van der Waals surface area contributed by atoms with Gasteiger partial charge in [-0.3, -0.25) is 9.71 Å². The van der Waals surface area contributed by atoms with Crippen molar-refractivity contribution in [2.45, 2.75) is 5.75 Å². The van der Waals surface area contributed by atoms with Crippen LogP contribution >= 0.6 is 11.9 Å². The van der Waals surface area contributed by atoms with E-state index in [-0.39, 0.29) is 0 Å². The van der Waals surface area contributed by atoms with Crippen LogP contribution in [0.25, 0.3) is 0 Å². The predicted molar refractivity (Wildman–Crippen MR) is 44.6 cm³/mol. The molecule has 0 unspecified atom stereocenters. The fourth-order valence-electron chi connectivity index (χ4n) is 0.639. The minimum absolute atomic E-state index is 0.977. The van der Waals surface area contributed by atoms with Crippen molar-refractivity contribution < 1.29 is 0 Å². The Bertz CT molecular complexity index is 176. The van der Waals surface area contributed by atoms with Gasteiger partial charge in [-0.05, 0) is 18.7 Å². The Balaban J connectivity index is 2.43. The van der Waals surface area contributed by atoms with Gasteiger partial charge in [0.25, 0.3) is 0 Å². The van der Waals surface area contributed by atoms with Crippen LogP contribution in [0.2, 0.25) is 0 Å². The summed E-state index contributed by atoms with van der Waals surface area (Å²) >= 11 is 1.67. The Kier molecular flexibility index (Phi) is 3.26. The molecule has 0 aliphatic carbocycles. The van der Waals surface area contributed by atoms with E-state index in [9.17, 15) is 0 Å². The number of hydrogen-bond donors (Lipinski definition) is 1. The summed E-state index contributed by atoms with van der Waals surface area (Å²) in [4.78, 5) is 4.00. The van der Waals surface area contributed by atoms with E-state index in [1.165, 1.54) is 5.56 Å². The van der Waals surface area contributed by atoms with Crippen LogP contribution < -0.4 is 4.72 Å². The molecule has 0 aromatic carbocycles. The van der Waals surface area contributed by atoms with Gasteiger partial charge in [-0.15, -0.1) is 0 Å². The van der Waals surface area contributed by atoms with Crippen molar-refractivity contribution in [2.75, 3.05) is 7.05 Å². The van der Waals surface area contributed by atoms with Crippen molar-refractivity contribution in [3.8, 4) is 0 Å². The fraction of sp³-hybridized carbons (Fsp3) is 0.286. The molecule has 0 atom stereocenters. The van der Waals surface area contributed by atoms with Crippen molar-refractivity contribution in [2.24, 2.45) is 0 Å². The van der Waals surface area contributed by atoms with Crippen LogP contribution in [-0.2, 0) is 5.75 Å². The van der Waals surface area contributed by atoms with Gasteiger partial charge in [0.15, 0.2) is 0 Å². The third-order valence-corrected chi connectivity index (χ3v) is 1.87. The van der Waals surface area contributed by atoms with Crippen molar-refractivity contribution >= 4 is 11.9 Å². The van der Waals surface area contributed by atoms with Gasteiger partial charge in [-0.2, -0.15) is 0 Å². The summed E-state index contributed by atoms with van der Waals surface area (Å²) < 4.78 is 3.01. The summed E-state index contributed by atoms with van der Waals surface area (Å²) in [5.41, 5.74) is 1.25. The highest BCUT2D eigenvalue weighted by molar-refractivity contribution is 7.96. The van der Waals surface area contributed by atoms with Gasteiger partial charge in [0.05, 0.1) is 0 Å². The number of aromatic nitrogens is 1. The molecule has 1 aromatic rings. The third-order valence-electron chi connectivity index (χ3n) is 1.11. The standard InChI is InChI=1S/C7H10N2S/c1-8-10-6-7-3-2-4-9-5-7/h2-5,8H,6H2,1H3. The zero-order valence-corrected chi connectivity index (χ0v) is 6.69. The smallest absolute Gasteiger partial charge is 0.0345 e. The van der Waals surface area contributed by atoms with E-state index >= 15 is 0 Å². The molecule has 0 saturated heterocycles. The first-order valence-electron chi connectivity index (χ1n) is 3.11. The summed E-state index contributed by atoms with van der Waals surface area (Å²) in [6, 6.07) is 4.02. The van der Waals surface area contributed by atoms with Crippen LogP contribution in [0.15, 0.2) is 24.5 Å². The highest BCUT2D eigenvalue weighted by Gasteiger charge is 1.88. The first-order chi connectivity index (χ1) is 4.93. The molecule has 0 saturated carbocycles. The maximum Gasteiger partial charge on any atom is 0.0345 e. The van der Waals surface area contributed by atoms with Gasteiger partial charge >= 0.3 is 0 Å². The maximum atomic E-state index is 4.00. The largest absolute Gasteiger partial charge is 0.267 e. The lowest BCUT2D eigenvalue weighted by molar-refractivity contribution is 1.23. The molecule has 0 spiro atoms. The molecule has 0 radical (unpaired) electrons. The number of nitrogens with zero attached hydrogens (tertiary/aromatic N) is 1. The van der Waals surface area contributed by atoms with Crippen molar-refractivity contribution in [1.29, 1.82) is 0 Å². The summed E-state index contributed by atoms with van der Waals surface area (Å²) in [6.45, 7) is 0. The molecule has 1 aromatic heterocycles. The minimum Gasteiger partial charge on any atom is -0.267 e. The van der Waals surface area contributed by atoms with E-state index in [1.807, 2.05) is 19.3 Å². The van der Waals surface area contributed by atoms with Gasteiger partial charge < -0.3 is 0 Å². The monoisotopic (exact) mass is 154 g/mol. The molecule has 1 N–H and O–H groups in total. The number of hydrogen-bond acceptors (Lipinski definition) is 3. The van der Waals surface area contributed by atoms with Crippen molar-refractivity contribution in [3.05, 3.63) is 30.1 Å². The van der Waals surface area contributed by atoms with E-state index < -0.39 is 0 Å². The van der Waals surface area contributed by atoms with Crippen LogP contribution in [0.3, 0.4) is 0 Å². The number of rotatable bonds is 3. The maximum absolute atomic E-state index is 4.00. The molecule has 2 nitrogen and oxygen atoms in total. The van der Waals surface area contributed by atoms with Crippen molar-refractivity contribution in [1.82, 2.24) is 9.71 Å². The summed E-state index contributed by atoms with van der Waals surface area (Å²) in [5.74, 6) is 0.977. The van der Waals surface area contributed by atoms with Crippen LogP contribution in [0, 0.1) is 0 Å². The Morgan fingerprint density at radius 1 is 1.70 bits per heavy atom. The Morgan fingerprint density at radius 2 is 2.60 bits per heavy atom. The van der Waals surface area contributed by atoms with Crippen molar-refractivity contribution in [3.63, 3.8) is 0 Å². The number of nitrogens with one attached hydrogen (secondary N) is 1. The average Bonchev–Trinajstić information content (AvgIpc) is 2.03. The van der Waals surface area contributed by atoms with E-state index in [0.29, 0.717) is 0 Å². The van der Waals surface area contributed by atoms with E-state index in [1.54, 1.807) is 18.1 Å². The Morgan fingerprint density at radius 3 is 3.20 bits per heavy atom. The summed E-state index contributed by atoms with van der Waals surface area (Å²) in [7, 11) is 1.92. The molecular formula is C7H10N2S. The lowest BCUT2D eigenvalue weighted by Gasteiger charge is -1.96. The van der Waals surface area contributed by atoms with Crippen LogP contribution in [0.5, 0.6) is 0 Å². The van der Waals surface area contributed by atoms with Gasteiger partial charge in [0.2, 0.25) is 0 Å². The first kappa shape index (κ1) is 7.57. The SMILES string of the molecule is CNSCc1cccnc1. The zero-order chi connectivity index (χ0) is 7.23. The molecule has 10 heavy (non-hydrogen) atoms. The quantitative estimate of drug-likeness (QED) is 0.667. The second-order valence-electron chi connectivity index (χ2n) is 1.85. The highest BCUT2D eigenvalue weighted by Crippen LogP contribution is 2.05. The average molecular weight is 154 g/mol. The molecule has 0 aliphatic rings. The Labute approximate surface area is 65.2 Å². The van der Waals surface area contributed by atoms with Crippen LogP contribution in [0.4, 0.5) is 0 Å². The van der Waals surface area contributed by atoms with Gasteiger partial charge in [-0.1, -0.05) is 18.0 Å². The molecule has 0 aliphatic heterocycles. The molecule has 54 valence electrons. The van der Waals surface area contributed by atoms with Crippen LogP contribution in [0.1, 0.15) is 5.56 Å². The fourth-order valence-corrected chi connectivity index (χ4v) is 1.12. The second kappa shape index (κ2) is 4.30. The van der Waals surface area contributed by atoms with E-state index in [0.717, 1.165) is 5.75 Å². The predicted octanol–water partition coefficient (Wildman–Crippen LogP) is 1.45. The second-order valence-corrected chi connectivity index (χ2v) is 2.84. The number of pyridine rings is 1. The first-order valence-corrected chi connectivity index (χ1v) is 4.09. The molecule has 1 heterocycles. The minimum atomic E-state index is 0.977.